The van der Waals surface area contributed by atoms with Crippen LogP contribution in [-0.4, -0.2) is 54.9 Å². The summed E-state index contributed by atoms with van der Waals surface area (Å²) in [5, 5.41) is 6.67. The highest BCUT2D eigenvalue weighted by molar-refractivity contribution is 6.21. The topological polar surface area (TPSA) is 88.4 Å². The molecular formula is C24H17F6N5O3. The average Bonchev–Trinajstić information content (AvgIpc) is 3.41. The molecule has 0 fully saturated rings. The Bertz CT molecular complexity index is 1440. The van der Waals surface area contributed by atoms with Crippen molar-refractivity contribution < 1.29 is 40.7 Å². The van der Waals surface area contributed by atoms with Gasteiger partial charge in [0.05, 0.1) is 23.7 Å². The van der Waals surface area contributed by atoms with E-state index in [1.165, 1.54) is 29.2 Å². The average molecular weight is 537 g/mol. The number of rotatable bonds is 5. The summed E-state index contributed by atoms with van der Waals surface area (Å²) in [6.07, 6.45) is -5.80. The molecule has 2 aromatic carbocycles. The van der Waals surface area contributed by atoms with E-state index < -0.39 is 66.1 Å². The molecule has 38 heavy (non-hydrogen) atoms. The van der Waals surface area contributed by atoms with Gasteiger partial charge in [-0.1, -0.05) is 12.1 Å². The lowest BCUT2D eigenvalue weighted by molar-refractivity contribution is -0.148. The molecule has 0 saturated carbocycles. The van der Waals surface area contributed by atoms with Gasteiger partial charge >= 0.3 is 6.18 Å². The number of hydrogen-bond donors (Lipinski definition) is 0. The van der Waals surface area contributed by atoms with Crippen molar-refractivity contribution in [3.63, 3.8) is 0 Å². The Labute approximate surface area is 210 Å². The molecule has 198 valence electrons. The molecule has 0 bridgehead atoms. The van der Waals surface area contributed by atoms with Gasteiger partial charge in [-0.2, -0.15) is 13.2 Å². The Morgan fingerprint density at radius 2 is 1.55 bits per heavy atom. The number of nitrogens with zero attached hydrogens (tertiary/aromatic N) is 5. The molecule has 0 unspecified atom stereocenters. The number of halogens is 6. The Kier molecular flexibility index (Phi) is 6.19. The maximum Gasteiger partial charge on any atom is 0.451 e. The van der Waals surface area contributed by atoms with Crippen molar-refractivity contribution in [2.75, 3.05) is 6.54 Å². The lowest BCUT2D eigenvalue weighted by Gasteiger charge is -2.31. The molecule has 0 aliphatic carbocycles. The third kappa shape index (κ3) is 4.39. The summed E-state index contributed by atoms with van der Waals surface area (Å²) in [4.78, 5) is 41.4. The summed E-state index contributed by atoms with van der Waals surface area (Å²) in [6, 6.07) is 5.47. The van der Waals surface area contributed by atoms with Crippen LogP contribution in [0.1, 0.15) is 44.3 Å². The molecule has 3 heterocycles. The first kappa shape index (κ1) is 25.4. The lowest BCUT2D eigenvalue weighted by atomic mass is 10.00. The predicted octanol–water partition coefficient (Wildman–Crippen LogP) is 3.35. The van der Waals surface area contributed by atoms with E-state index in [-0.39, 0.29) is 42.1 Å². The smallest absolute Gasteiger partial charge is 0.333 e. The van der Waals surface area contributed by atoms with Gasteiger partial charge in [0.15, 0.2) is 17.5 Å². The van der Waals surface area contributed by atoms with Crippen molar-refractivity contribution in [1.29, 1.82) is 0 Å². The summed E-state index contributed by atoms with van der Waals surface area (Å²) in [6.45, 7) is -0.726. The van der Waals surface area contributed by atoms with Crippen LogP contribution in [0.25, 0.3) is 0 Å². The van der Waals surface area contributed by atoms with Crippen LogP contribution in [0.4, 0.5) is 26.3 Å². The second-order valence-corrected chi connectivity index (χ2v) is 8.85. The molecule has 0 radical (unpaired) electrons. The minimum Gasteiger partial charge on any atom is -0.333 e. The van der Waals surface area contributed by atoms with Crippen LogP contribution in [0, 0.1) is 17.5 Å². The quantitative estimate of drug-likeness (QED) is 0.283. The van der Waals surface area contributed by atoms with Gasteiger partial charge in [0.25, 0.3) is 11.8 Å². The third-order valence-corrected chi connectivity index (χ3v) is 6.51. The second kappa shape index (κ2) is 9.26. The monoisotopic (exact) mass is 537 g/mol. The number of benzene rings is 2. The first-order valence-electron chi connectivity index (χ1n) is 11.3. The molecule has 0 spiro atoms. The fourth-order valence-corrected chi connectivity index (χ4v) is 4.68. The van der Waals surface area contributed by atoms with Gasteiger partial charge in [-0.3, -0.25) is 19.3 Å². The Hall–Kier alpha value is -4.23. The zero-order chi connectivity index (χ0) is 27.4. The Morgan fingerprint density at radius 1 is 0.921 bits per heavy atom. The van der Waals surface area contributed by atoms with E-state index in [1.54, 1.807) is 0 Å². The maximum atomic E-state index is 14.5. The third-order valence-electron chi connectivity index (χ3n) is 6.51. The molecule has 3 amide bonds. The Morgan fingerprint density at radius 3 is 2.18 bits per heavy atom. The van der Waals surface area contributed by atoms with Crippen molar-refractivity contribution in [2.24, 2.45) is 0 Å². The van der Waals surface area contributed by atoms with Crippen LogP contribution < -0.4 is 0 Å². The number of hydrogen-bond acceptors (Lipinski definition) is 5. The summed E-state index contributed by atoms with van der Waals surface area (Å²) < 4.78 is 82.1. The van der Waals surface area contributed by atoms with E-state index in [2.05, 4.69) is 10.2 Å². The van der Waals surface area contributed by atoms with Gasteiger partial charge in [-0.25, -0.2) is 13.2 Å². The molecule has 1 aromatic heterocycles. The first-order chi connectivity index (χ1) is 18.0. The summed E-state index contributed by atoms with van der Waals surface area (Å²) >= 11 is 0. The number of fused-ring (bicyclic) bond motifs is 2. The van der Waals surface area contributed by atoms with E-state index in [4.69, 9.17) is 0 Å². The highest BCUT2D eigenvalue weighted by Gasteiger charge is 2.43. The standard InChI is InChI=1S/C24H17F6N5O3/c25-16-10-18(27)17(26)8-12(16)7-13(35-21(37)14-3-1-2-4-15(14)22(35)38)9-20(36)33-5-6-34-19(11-33)31-32-23(34)24(28,29)30/h1-4,8,10,13H,5-7,9,11H2/t13-/m1/s1. The normalized spacial score (nSPS) is 16.1. The molecule has 14 heteroatoms. The molecule has 0 saturated heterocycles. The fourth-order valence-electron chi connectivity index (χ4n) is 4.68. The zero-order valence-electron chi connectivity index (χ0n) is 19.3. The molecule has 2 aliphatic rings. The van der Waals surface area contributed by atoms with E-state index in [1.807, 2.05) is 0 Å². The highest BCUT2D eigenvalue weighted by atomic mass is 19.4. The first-order valence-corrected chi connectivity index (χ1v) is 11.3. The second-order valence-electron chi connectivity index (χ2n) is 8.85. The number of alkyl halides is 3. The van der Waals surface area contributed by atoms with Gasteiger partial charge in [0, 0.05) is 25.6 Å². The fraction of sp³-hybridized carbons (Fsp3) is 0.292. The van der Waals surface area contributed by atoms with Gasteiger partial charge in [0.2, 0.25) is 11.7 Å². The molecular weight excluding hydrogens is 520 g/mol. The molecule has 5 rings (SSSR count). The maximum absolute atomic E-state index is 14.5. The summed E-state index contributed by atoms with van der Waals surface area (Å²) in [5.41, 5.74) is -0.246. The SMILES string of the molecule is O=C(C[C@@H](Cc1cc(F)c(F)cc1F)N1C(=O)c2ccccc2C1=O)N1CCn2c(nnc2C(F)(F)F)C1. The zero-order valence-corrected chi connectivity index (χ0v) is 19.3. The van der Waals surface area contributed by atoms with Crippen LogP contribution in [0.2, 0.25) is 0 Å². The molecule has 8 nitrogen and oxygen atoms in total. The number of imide groups is 1. The molecule has 3 aromatic rings. The van der Waals surface area contributed by atoms with Gasteiger partial charge in [0.1, 0.15) is 5.82 Å². The van der Waals surface area contributed by atoms with Crippen LogP contribution in [0.15, 0.2) is 36.4 Å². The van der Waals surface area contributed by atoms with E-state index in [0.29, 0.717) is 12.1 Å². The highest BCUT2D eigenvalue weighted by Crippen LogP contribution is 2.31. The van der Waals surface area contributed by atoms with Crippen molar-refractivity contribution in [1.82, 2.24) is 24.6 Å². The minimum atomic E-state index is -4.73. The summed E-state index contributed by atoms with van der Waals surface area (Å²) in [7, 11) is 0. The number of carbonyl (C=O) groups excluding carboxylic acids is 3. The van der Waals surface area contributed by atoms with Crippen LogP contribution in [0.3, 0.4) is 0 Å². The van der Waals surface area contributed by atoms with Crippen molar-refractivity contribution in [3.8, 4) is 0 Å². The van der Waals surface area contributed by atoms with Crippen molar-refractivity contribution >= 4 is 17.7 Å². The van der Waals surface area contributed by atoms with Crippen molar-refractivity contribution in [3.05, 3.63) is 82.2 Å². The number of carbonyl (C=O) groups is 3. The minimum absolute atomic E-state index is 0.0615. The van der Waals surface area contributed by atoms with E-state index in [0.717, 1.165) is 9.47 Å². The largest absolute Gasteiger partial charge is 0.451 e. The van der Waals surface area contributed by atoms with Crippen LogP contribution in [0.5, 0.6) is 0 Å². The predicted molar refractivity (Wildman–Crippen MR) is 116 cm³/mol. The molecule has 1 atom stereocenters. The van der Waals surface area contributed by atoms with E-state index >= 15 is 0 Å². The Balaban J connectivity index is 1.43. The number of aromatic nitrogens is 3. The molecule has 2 aliphatic heterocycles. The van der Waals surface area contributed by atoms with E-state index in [9.17, 15) is 40.7 Å². The summed E-state index contributed by atoms with van der Waals surface area (Å²) in [5.74, 6) is -7.40. The van der Waals surface area contributed by atoms with Gasteiger partial charge in [-0.15, -0.1) is 10.2 Å². The van der Waals surface area contributed by atoms with Crippen LogP contribution in [-0.2, 0) is 30.5 Å². The van der Waals surface area contributed by atoms with Crippen molar-refractivity contribution in [2.45, 2.75) is 38.1 Å². The number of amides is 3. The lowest BCUT2D eigenvalue weighted by Crippen LogP contribution is -2.46. The van der Waals surface area contributed by atoms with Gasteiger partial charge < -0.3 is 9.47 Å². The van der Waals surface area contributed by atoms with Gasteiger partial charge in [-0.05, 0) is 30.2 Å². The van der Waals surface area contributed by atoms with Crippen LogP contribution >= 0.6 is 0 Å². The molecule has 0 N–H and O–H groups in total.